The average Bonchev–Trinajstić information content (AvgIpc) is 3.04. The monoisotopic (exact) mass is 369 g/mol. The SMILES string of the molecule is CN(C)S(=O)(=O)[C@@H]1CN(C(=O)Nc2ccn(C)n2)C[C@H]1C(F)(F)F. The molecule has 1 N–H and O–H groups in total. The topological polar surface area (TPSA) is 87.5 Å². The molecule has 0 spiro atoms. The van der Waals surface area contributed by atoms with Gasteiger partial charge in [0, 0.05) is 46.5 Å². The molecule has 24 heavy (non-hydrogen) atoms. The molecular weight excluding hydrogens is 351 g/mol. The van der Waals surface area contributed by atoms with Crippen LogP contribution in [0.3, 0.4) is 0 Å². The lowest BCUT2D eigenvalue weighted by molar-refractivity contribution is -0.169. The first-order valence-corrected chi connectivity index (χ1v) is 8.47. The Balaban J connectivity index is 2.21. The van der Waals surface area contributed by atoms with Gasteiger partial charge in [0.1, 0.15) is 5.25 Å². The second-order valence-electron chi connectivity index (χ2n) is 5.72. The van der Waals surface area contributed by atoms with Crippen LogP contribution in [0.25, 0.3) is 0 Å². The van der Waals surface area contributed by atoms with E-state index in [2.05, 4.69) is 10.4 Å². The molecule has 12 heteroatoms. The number of likely N-dealkylation sites (tertiary alicyclic amines) is 1. The first kappa shape index (κ1) is 18.5. The molecule has 1 aromatic rings. The van der Waals surface area contributed by atoms with E-state index in [1.807, 2.05) is 0 Å². The van der Waals surface area contributed by atoms with E-state index in [1.54, 1.807) is 13.2 Å². The molecule has 1 saturated heterocycles. The van der Waals surface area contributed by atoms with Crippen LogP contribution >= 0.6 is 0 Å². The summed E-state index contributed by atoms with van der Waals surface area (Å²) in [4.78, 5) is 13.0. The third kappa shape index (κ3) is 3.64. The molecule has 136 valence electrons. The van der Waals surface area contributed by atoms with Crippen molar-refractivity contribution in [2.24, 2.45) is 13.0 Å². The Morgan fingerprint density at radius 1 is 1.38 bits per heavy atom. The molecule has 0 aromatic carbocycles. The first-order chi connectivity index (χ1) is 10.9. The van der Waals surface area contributed by atoms with E-state index in [-0.39, 0.29) is 5.82 Å². The Hall–Kier alpha value is -1.82. The zero-order valence-electron chi connectivity index (χ0n) is 13.3. The summed E-state index contributed by atoms with van der Waals surface area (Å²) in [5, 5.41) is 4.52. The van der Waals surface area contributed by atoms with Crippen LogP contribution in [0.2, 0.25) is 0 Å². The fourth-order valence-corrected chi connectivity index (χ4v) is 4.06. The molecule has 0 saturated carbocycles. The number of aromatic nitrogens is 2. The second-order valence-corrected chi connectivity index (χ2v) is 8.09. The lowest BCUT2D eigenvalue weighted by atomic mass is 10.1. The third-order valence-electron chi connectivity index (χ3n) is 3.81. The number of nitrogens with zero attached hydrogens (tertiary/aromatic N) is 4. The molecule has 2 atom stereocenters. The van der Waals surface area contributed by atoms with Crippen molar-refractivity contribution in [2.45, 2.75) is 11.4 Å². The number of urea groups is 1. The molecule has 0 bridgehead atoms. The summed E-state index contributed by atoms with van der Waals surface area (Å²) in [7, 11) is -0.224. The molecule has 8 nitrogen and oxygen atoms in total. The summed E-state index contributed by atoms with van der Waals surface area (Å²) < 4.78 is 66.1. The predicted molar refractivity (Wildman–Crippen MR) is 79.7 cm³/mol. The van der Waals surface area contributed by atoms with E-state index in [1.165, 1.54) is 24.8 Å². The number of aryl methyl sites for hydroxylation is 1. The second kappa shape index (κ2) is 6.24. The minimum absolute atomic E-state index is 0.171. The fraction of sp³-hybridized carbons (Fsp3) is 0.667. The molecule has 1 aromatic heterocycles. The van der Waals surface area contributed by atoms with Crippen LogP contribution in [0.1, 0.15) is 0 Å². The number of alkyl halides is 3. The maximum Gasteiger partial charge on any atom is 0.394 e. The van der Waals surface area contributed by atoms with Crippen LogP contribution in [-0.4, -0.2) is 72.0 Å². The van der Waals surface area contributed by atoms with Crippen LogP contribution in [-0.2, 0) is 17.1 Å². The number of sulfonamides is 1. The van der Waals surface area contributed by atoms with Crippen LogP contribution in [0, 0.1) is 5.92 Å². The molecular formula is C12H18F3N5O3S. The highest BCUT2D eigenvalue weighted by Crippen LogP contribution is 2.37. The largest absolute Gasteiger partial charge is 0.394 e. The fourth-order valence-electron chi connectivity index (χ4n) is 2.50. The van der Waals surface area contributed by atoms with Crippen molar-refractivity contribution in [1.29, 1.82) is 0 Å². The van der Waals surface area contributed by atoms with E-state index in [0.717, 1.165) is 9.21 Å². The van der Waals surface area contributed by atoms with Gasteiger partial charge in [-0.2, -0.15) is 18.3 Å². The van der Waals surface area contributed by atoms with Crippen LogP contribution < -0.4 is 5.32 Å². The number of hydrogen-bond acceptors (Lipinski definition) is 4. The molecule has 0 unspecified atom stereocenters. The zero-order chi connectivity index (χ0) is 18.3. The average molecular weight is 369 g/mol. The molecule has 2 rings (SSSR count). The Bertz CT molecular complexity index is 716. The van der Waals surface area contributed by atoms with Crippen molar-refractivity contribution in [1.82, 2.24) is 19.0 Å². The van der Waals surface area contributed by atoms with Gasteiger partial charge < -0.3 is 4.90 Å². The molecule has 2 amide bonds. The number of anilines is 1. The normalized spacial score (nSPS) is 22.2. The van der Waals surface area contributed by atoms with Crippen molar-refractivity contribution in [2.75, 3.05) is 32.5 Å². The Morgan fingerprint density at radius 2 is 2.00 bits per heavy atom. The van der Waals surface area contributed by atoms with E-state index in [4.69, 9.17) is 0 Å². The summed E-state index contributed by atoms with van der Waals surface area (Å²) in [6.07, 6.45) is -3.18. The van der Waals surface area contributed by atoms with E-state index < -0.39 is 46.5 Å². The maximum atomic E-state index is 13.2. The van der Waals surface area contributed by atoms with Gasteiger partial charge in [-0.25, -0.2) is 17.5 Å². The maximum absolute atomic E-state index is 13.2. The van der Waals surface area contributed by atoms with Crippen molar-refractivity contribution < 1.29 is 26.4 Å². The van der Waals surface area contributed by atoms with Crippen molar-refractivity contribution >= 4 is 21.9 Å². The zero-order valence-corrected chi connectivity index (χ0v) is 14.1. The summed E-state index contributed by atoms with van der Waals surface area (Å²) >= 11 is 0. The quantitative estimate of drug-likeness (QED) is 0.850. The Labute approximate surface area is 137 Å². The van der Waals surface area contributed by atoms with Crippen molar-refractivity contribution in [3.8, 4) is 0 Å². The number of nitrogens with one attached hydrogen (secondary N) is 1. The molecule has 1 fully saturated rings. The highest BCUT2D eigenvalue weighted by molar-refractivity contribution is 7.89. The predicted octanol–water partition coefficient (Wildman–Crippen LogP) is 0.706. The van der Waals surface area contributed by atoms with Gasteiger partial charge in [0.15, 0.2) is 5.82 Å². The van der Waals surface area contributed by atoms with Gasteiger partial charge in [-0.3, -0.25) is 10.00 Å². The first-order valence-electron chi connectivity index (χ1n) is 6.96. The molecule has 1 aliphatic rings. The van der Waals surface area contributed by atoms with Gasteiger partial charge in [0.2, 0.25) is 10.0 Å². The number of carbonyl (C=O) groups is 1. The number of hydrogen-bond donors (Lipinski definition) is 1. The molecule has 0 aliphatic carbocycles. The molecule has 2 heterocycles. The number of carbonyl (C=O) groups excluding carboxylic acids is 1. The molecule has 1 aliphatic heterocycles. The highest BCUT2D eigenvalue weighted by Gasteiger charge is 2.56. The van der Waals surface area contributed by atoms with Crippen molar-refractivity contribution in [3.05, 3.63) is 12.3 Å². The summed E-state index contributed by atoms with van der Waals surface area (Å²) in [6.45, 7) is -1.26. The van der Waals surface area contributed by atoms with Crippen LogP contribution in [0.5, 0.6) is 0 Å². The van der Waals surface area contributed by atoms with Gasteiger partial charge in [0.25, 0.3) is 0 Å². The minimum Gasteiger partial charge on any atom is -0.322 e. The standard InChI is InChI=1S/C12H18F3N5O3S/c1-18(2)24(22,23)9-7-20(6-8(9)12(13,14)15)11(21)16-10-4-5-19(3)17-10/h4-5,8-9H,6-7H2,1-3H3,(H,16,17,21)/t8-,9-/m1/s1. The highest BCUT2D eigenvalue weighted by atomic mass is 32.2. The van der Waals surface area contributed by atoms with Gasteiger partial charge in [0.05, 0.1) is 5.92 Å². The van der Waals surface area contributed by atoms with E-state index in [0.29, 0.717) is 0 Å². The Morgan fingerprint density at radius 3 is 2.46 bits per heavy atom. The summed E-state index contributed by atoms with van der Waals surface area (Å²) in [5.74, 6) is -1.97. The number of amides is 2. The minimum atomic E-state index is -4.73. The smallest absolute Gasteiger partial charge is 0.322 e. The van der Waals surface area contributed by atoms with Crippen LogP contribution in [0.4, 0.5) is 23.8 Å². The van der Waals surface area contributed by atoms with Crippen LogP contribution in [0.15, 0.2) is 12.3 Å². The van der Waals surface area contributed by atoms with E-state index >= 15 is 0 Å². The summed E-state index contributed by atoms with van der Waals surface area (Å²) in [5.41, 5.74) is 0. The summed E-state index contributed by atoms with van der Waals surface area (Å²) in [6, 6.07) is 0.655. The number of rotatable bonds is 3. The lowest BCUT2D eigenvalue weighted by Gasteiger charge is -2.23. The van der Waals surface area contributed by atoms with Gasteiger partial charge in [-0.15, -0.1) is 0 Å². The van der Waals surface area contributed by atoms with Gasteiger partial charge >= 0.3 is 12.2 Å². The third-order valence-corrected chi connectivity index (χ3v) is 6.07. The van der Waals surface area contributed by atoms with Gasteiger partial charge in [-0.1, -0.05) is 0 Å². The number of halogens is 3. The molecule has 0 radical (unpaired) electrons. The lowest BCUT2D eigenvalue weighted by Crippen LogP contribution is -2.43. The Kier molecular flexibility index (Phi) is 4.81. The van der Waals surface area contributed by atoms with Gasteiger partial charge in [-0.05, 0) is 0 Å². The van der Waals surface area contributed by atoms with E-state index in [9.17, 15) is 26.4 Å². The van der Waals surface area contributed by atoms with Crippen molar-refractivity contribution in [3.63, 3.8) is 0 Å².